The van der Waals surface area contributed by atoms with Crippen molar-refractivity contribution in [3.63, 3.8) is 0 Å². The monoisotopic (exact) mass is 440 g/mol. The number of hydrogen-bond donors (Lipinski definition) is 4. The van der Waals surface area contributed by atoms with E-state index in [0.717, 1.165) is 24.1 Å². The maximum Gasteiger partial charge on any atom is 0.250 e. The topological polar surface area (TPSA) is 122 Å². The van der Waals surface area contributed by atoms with Gasteiger partial charge in [0, 0.05) is 17.8 Å². The van der Waals surface area contributed by atoms with E-state index < -0.39 is 11.7 Å². The van der Waals surface area contributed by atoms with Gasteiger partial charge in [-0.15, -0.1) is 0 Å². The van der Waals surface area contributed by atoms with Gasteiger partial charge in [0.15, 0.2) is 5.82 Å². The molecular formula is C21H18ClFN6O2. The molecule has 2 heterocycles. The van der Waals surface area contributed by atoms with Crippen LogP contribution >= 0.6 is 11.6 Å². The average molecular weight is 441 g/mol. The molecule has 10 heteroatoms. The van der Waals surface area contributed by atoms with Crippen LogP contribution in [0.3, 0.4) is 0 Å². The fourth-order valence-corrected chi connectivity index (χ4v) is 3.40. The fourth-order valence-electron chi connectivity index (χ4n) is 3.26. The van der Waals surface area contributed by atoms with Crippen molar-refractivity contribution < 1.29 is 14.0 Å². The van der Waals surface area contributed by atoms with Gasteiger partial charge in [0.25, 0.3) is 5.91 Å². The van der Waals surface area contributed by atoms with E-state index in [-0.39, 0.29) is 33.9 Å². The number of rotatable bonds is 5. The first-order chi connectivity index (χ1) is 14.9. The lowest BCUT2D eigenvalue weighted by molar-refractivity contribution is -0.116. The standard InChI is InChI=1S/C21H18ClFN6O2/c22-14-10-25-21(26-12-8-7-11-3-1-6-17(30)27-16(11)9-12)29-20(14)28-18-13(19(24)31)4-2-5-15(18)23/h2,4-5,7-10H,1,3,6H2,(H2,24,31)(H,27,30)(H2,25,26,28,29). The Morgan fingerprint density at radius 3 is 2.84 bits per heavy atom. The molecule has 2 aromatic carbocycles. The van der Waals surface area contributed by atoms with Gasteiger partial charge in [0.1, 0.15) is 10.8 Å². The van der Waals surface area contributed by atoms with Gasteiger partial charge in [-0.05, 0) is 42.7 Å². The third kappa shape index (κ3) is 4.56. The van der Waals surface area contributed by atoms with Crippen LogP contribution in [0.4, 0.5) is 33.2 Å². The van der Waals surface area contributed by atoms with Gasteiger partial charge in [-0.1, -0.05) is 23.7 Å². The van der Waals surface area contributed by atoms with Crippen LogP contribution in [0.15, 0.2) is 42.6 Å². The highest BCUT2D eigenvalue weighted by atomic mass is 35.5. The molecular weight excluding hydrogens is 423 g/mol. The fraction of sp³-hybridized carbons (Fsp3) is 0.143. The Bertz CT molecular complexity index is 1190. The first kappa shape index (κ1) is 20.5. The van der Waals surface area contributed by atoms with E-state index in [1.54, 1.807) is 6.07 Å². The van der Waals surface area contributed by atoms with Crippen LogP contribution in [-0.4, -0.2) is 21.8 Å². The van der Waals surface area contributed by atoms with Crippen LogP contribution in [0.5, 0.6) is 0 Å². The summed E-state index contributed by atoms with van der Waals surface area (Å²) in [5.74, 6) is -1.22. The molecule has 0 saturated carbocycles. The summed E-state index contributed by atoms with van der Waals surface area (Å²) in [6.07, 6.45) is 3.43. The molecule has 5 N–H and O–H groups in total. The molecule has 3 aromatic rings. The molecule has 0 atom stereocenters. The summed E-state index contributed by atoms with van der Waals surface area (Å²) < 4.78 is 14.3. The number of fused-ring (bicyclic) bond motifs is 1. The number of nitrogens with two attached hydrogens (primary N) is 1. The van der Waals surface area contributed by atoms with Crippen LogP contribution in [0.25, 0.3) is 0 Å². The third-order valence-electron chi connectivity index (χ3n) is 4.76. The molecule has 2 amide bonds. The minimum Gasteiger partial charge on any atom is -0.366 e. The molecule has 4 rings (SSSR count). The Kier molecular flexibility index (Phi) is 5.68. The predicted molar refractivity (Wildman–Crippen MR) is 117 cm³/mol. The number of hydrogen-bond acceptors (Lipinski definition) is 6. The van der Waals surface area contributed by atoms with E-state index in [0.29, 0.717) is 12.1 Å². The Morgan fingerprint density at radius 2 is 2.03 bits per heavy atom. The number of nitrogens with zero attached hydrogens (tertiary/aromatic N) is 2. The van der Waals surface area contributed by atoms with Gasteiger partial charge in [-0.3, -0.25) is 9.59 Å². The number of benzene rings is 2. The van der Waals surface area contributed by atoms with Crippen LogP contribution in [0, 0.1) is 5.82 Å². The zero-order valence-corrected chi connectivity index (χ0v) is 17.0. The second-order valence-electron chi connectivity index (χ2n) is 6.94. The molecule has 1 aliphatic rings. The second-order valence-corrected chi connectivity index (χ2v) is 7.35. The number of anilines is 5. The first-order valence-electron chi connectivity index (χ1n) is 9.48. The minimum absolute atomic E-state index is 0.0275. The number of aryl methyl sites for hydroxylation is 1. The molecule has 0 unspecified atom stereocenters. The van der Waals surface area contributed by atoms with Crippen molar-refractivity contribution in [3.8, 4) is 0 Å². The highest BCUT2D eigenvalue weighted by molar-refractivity contribution is 6.33. The maximum atomic E-state index is 14.3. The Balaban J connectivity index is 1.61. The van der Waals surface area contributed by atoms with Gasteiger partial charge >= 0.3 is 0 Å². The average Bonchev–Trinajstić information content (AvgIpc) is 2.91. The molecule has 0 radical (unpaired) electrons. The summed E-state index contributed by atoms with van der Waals surface area (Å²) in [6, 6.07) is 9.54. The molecule has 0 bridgehead atoms. The molecule has 1 aliphatic heterocycles. The normalized spacial score (nSPS) is 13.0. The van der Waals surface area contributed by atoms with Crippen molar-refractivity contribution >= 4 is 52.2 Å². The smallest absolute Gasteiger partial charge is 0.250 e. The van der Waals surface area contributed by atoms with Gasteiger partial charge in [0.05, 0.1) is 17.4 Å². The number of carbonyl (C=O) groups excluding carboxylic acids is 2. The molecule has 1 aromatic heterocycles. The van der Waals surface area contributed by atoms with E-state index in [1.165, 1.54) is 24.4 Å². The highest BCUT2D eigenvalue weighted by Gasteiger charge is 2.17. The zero-order chi connectivity index (χ0) is 22.0. The van der Waals surface area contributed by atoms with Crippen molar-refractivity contribution in [1.29, 1.82) is 0 Å². The summed E-state index contributed by atoms with van der Waals surface area (Å²) in [4.78, 5) is 31.9. The van der Waals surface area contributed by atoms with Crippen LogP contribution in [0.1, 0.15) is 28.8 Å². The third-order valence-corrected chi connectivity index (χ3v) is 5.03. The second kappa shape index (κ2) is 8.57. The summed E-state index contributed by atoms with van der Waals surface area (Å²) >= 11 is 6.16. The summed E-state index contributed by atoms with van der Waals surface area (Å²) in [6.45, 7) is 0. The number of halogens is 2. The van der Waals surface area contributed by atoms with E-state index >= 15 is 0 Å². The Hall–Kier alpha value is -3.72. The molecule has 0 aliphatic carbocycles. The van der Waals surface area contributed by atoms with Gasteiger partial charge in [-0.25, -0.2) is 9.37 Å². The van der Waals surface area contributed by atoms with Crippen molar-refractivity contribution in [1.82, 2.24) is 9.97 Å². The Morgan fingerprint density at radius 1 is 1.19 bits per heavy atom. The summed E-state index contributed by atoms with van der Waals surface area (Å²) in [5.41, 5.74) is 7.60. The molecule has 0 spiro atoms. The first-order valence-corrected chi connectivity index (χ1v) is 9.86. The predicted octanol–water partition coefficient (Wildman–Crippen LogP) is 4.13. The van der Waals surface area contributed by atoms with Crippen LogP contribution in [0.2, 0.25) is 5.02 Å². The van der Waals surface area contributed by atoms with Gasteiger partial charge in [-0.2, -0.15) is 4.98 Å². The number of nitrogens with one attached hydrogen (secondary N) is 3. The van der Waals surface area contributed by atoms with Crippen molar-refractivity contribution in [2.45, 2.75) is 19.3 Å². The Labute approximate surface area is 182 Å². The quantitative estimate of drug-likeness (QED) is 0.473. The van der Waals surface area contributed by atoms with Crippen molar-refractivity contribution in [3.05, 3.63) is 64.6 Å². The molecule has 158 valence electrons. The number of primary amides is 1. The van der Waals surface area contributed by atoms with Crippen molar-refractivity contribution in [2.24, 2.45) is 5.73 Å². The van der Waals surface area contributed by atoms with Gasteiger partial charge < -0.3 is 21.7 Å². The lowest BCUT2D eigenvalue weighted by Crippen LogP contribution is -2.14. The number of aromatic nitrogens is 2. The molecule has 0 fully saturated rings. The van der Waals surface area contributed by atoms with E-state index in [4.69, 9.17) is 17.3 Å². The zero-order valence-electron chi connectivity index (χ0n) is 16.2. The van der Waals surface area contributed by atoms with E-state index in [9.17, 15) is 14.0 Å². The molecule has 8 nitrogen and oxygen atoms in total. The van der Waals surface area contributed by atoms with Crippen LogP contribution in [-0.2, 0) is 11.2 Å². The SMILES string of the molecule is NC(=O)c1cccc(F)c1Nc1nc(Nc2ccc3c(c2)NC(=O)CCC3)ncc1Cl. The molecule has 0 saturated heterocycles. The number of amides is 2. The largest absolute Gasteiger partial charge is 0.366 e. The summed E-state index contributed by atoms with van der Waals surface area (Å²) in [7, 11) is 0. The van der Waals surface area contributed by atoms with E-state index in [2.05, 4.69) is 25.9 Å². The maximum absolute atomic E-state index is 14.3. The van der Waals surface area contributed by atoms with Gasteiger partial charge in [0.2, 0.25) is 11.9 Å². The minimum atomic E-state index is -0.794. The lowest BCUT2D eigenvalue weighted by Gasteiger charge is -2.14. The van der Waals surface area contributed by atoms with E-state index in [1.807, 2.05) is 12.1 Å². The molecule has 31 heavy (non-hydrogen) atoms. The number of carbonyl (C=O) groups is 2. The lowest BCUT2D eigenvalue weighted by atomic mass is 10.1. The highest BCUT2D eigenvalue weighted by Crippen LogP contribution is 2.30. The number of para-hydroxylation sites is 1. The van der Waals surface area contributed by atoms with Crippen LogP contribution < -0.4 is 21.7 Å². The van der Waals surface area contributed by atoms with Crippen molar-refractivity contribution in [2.75, 3.05) is 16.0 Å². The summed E-state index contributed by atoms with van der Waals surface area (Å²) in [5, 5.41) is 8.77.